The molecule has 0 bridgehead atoms. The standard InChI is InChI=1S/C12H14ClN3/c1-15-5-7-16(8-6-15)12-10(9-14)3-2-4-11(12)13/h2-4H,5-8H2,1H3. The molecule has 2 rings (SSSR count). The summed E-state index contributed by atoms with van der Waals surface area (Å²) in [6.07, 6.45) is 0. The summed E-state index contributed by atoms with van der Waals surface area (Å²) >= 11 is 6.17. The Hall–Kier alpha value is -1.24. The van der Waals surface area contributed by atoms with E-state index in [0.717, 1.165) is 31.9 Å². The van der Waals surface area contributed by atoms with Gasteiger partial charge in [0.05, 0.1) is 16.3 Å². The molecule has 1 aliphatic heterocycles. The minimum atomic E-state index is 0.664. The quantitative estimate of drug-likeness (QED) is 0.746. The maximum absolute atomic E-state index is 9.08. The van der Waals surface area contributed by atoms with Crippen LogP contribution in [0.15, 0.2) is 18.2 Å². The highest BCUT2D eigenvalue weighted by Gasteiger charge is 2.19. The van der Waals surface area contributed by atoms with Crippen molar-refractivity contribution in [2.75, 3.05) is 38.1 Å². The van der Waals surface area contributed by atoms with Crippen LogP contribution in [0.3, 0.4) is 0 Å². The van der Waals surface area contributed by atoms with E-state index in [4.69, 9.17) is 16.9 Å². The van der Waals surface area contributed by atoms with Crippen LogP contribution in [-0.4, -0.2) is 38.1 Å². The van der Waals surface area contributed by atoms with Crippen LogP contribution in [0, 0.1) is 11.3 Å². The van der Waals surface area contributed by atoms with Gasteiger partial charge in [-0.3, -0.25) is 0 Å². The van der Waals surface area contributed by atoms with Gasteiger partial charge in [0.1, 0.15) is 6.07 Å². The van der Waals surface area contributed by atoms with Gasteiger partial charge in [-0.2, -0.15) is 5.26 Å². The first-order valence-electron chi connectivity index (χ1n) is 5.34. The Labute approximate surface area is 101 Å². The summed E-state index contributed by atoms with van der Waals surface area (Å²) in [6.45, 7) is 3.87. The monoisotopic (exact) mass is 235 g/mol. The molecular formula is C12H14ClN3. The third-order valence-corrected chi connectivity index (χ3v) is 3.23. The van der Waals surface area contributed by atoms with Crippen LogP contribution in [0.1, 0.15) is 5.56 Å². The van der Waals surface area contributed by atoms with E-state index in [-0.39, 0.29) is 0 Å². The van der Waals surface area contributed by atoms with Crippen molar-refractivity contribution in [1.29, 1.82) is 5.26 Å². The summed E-state index contributed by atoms with van der Waals surface area (Å²) in [7, 11) is 2.11. The van der Waals surface area contributed by atoms with E-state index < -0.39 is 0 Å². The van der Waals surface area contributed by atoms with Crippen molar-refractivity contribution in [3.63, 3.8) is 0 Å². The minimum Gasteiger partial charge on any atom is -0.367 e. The number of nitrogens with zero attached hydrogens (tertiary/aromatic N) is 3. The summed E-state index contributed by atoms with van der Waals surface area (Å²) in [6, 6.07) is 7.69. The molecule has 3 nitrogen and oxygen atoms in total. The number of likely N-dealkylation sites (N-methyl/N-ethyl adjacent to an activating group) is 1. The number of benzene rings is 1. The number of rotatable bonds is 1. The second-order valence-electron chi connectivity index (χ2n) is 4.04. The summed E-state index contributed by atoms with van der Waals surface area (Å²) in [5.74, 6) is 0. The summed E-state index contributed by atoms with van der Waals surface area (Å²) < 4.78 is 0. The second-order valence-corrected chi connectivity index (χ2v) is 4.45. The molecule has 1 aromatic rings. The lowest BCUT2D eigenvalue weighted by Crippen LogP contribution is -2.44. The molecule has 0 spiro atoms. The average molecular weight is 236 g/mol. The van der Waals surface area contributed by atoms with Crippen LogP contribution >= 0.6 is 11.6 Å². The first kappa shape index (κ1) is 11.3. The summed E-state index contributed by atoms with van der Waals surface area (Å²) in [5.41, 5.74) is 1.55. The van der Waals surface area contributed by atoms with Gasteiger partial charge in [-0.05, 0) is 19.2 Å². The Kier molecular flexibility index (Phi) is 3.33. The maximum atomic E-state index is 9.08. The van der Waals surface area contributed by atoms with Gasteiger partial charge < -0.3 is 9.80 Å². The lowest BCUT2D eigenvalue weighted by molar-refractivity contribution is 0.313. The van der Waals surface area contributed by atoms with Crippen molar-refractivity contribution in [2.24, 2.45) is 0 Å². The van der Waals surface area contributed by atoms with Gasteiger partial charge >= 0.3 is 0 Å². The molecule has 1 fully saturated rings. The third kappa shape index (κ3) is 2.13. The van der Waals surface area contributed by atoms with Crippen LogP contribution < -0.4 is 4.90 Å². The Morgan fingerprint density at radius 3 is 2.56 bits per heavy atom. The minimum absolute atomic E-state index is 0.664. The van der Waals surface area contributed by atoms with Crippen molar-refractivity contribution in [3.8, 4) is 6.07 Å². The number of hydrogen-bond donors (Lipinski definition) is 0. The van der Waals surface area contributed by atoms with E-state index in [1.54, 1.807) is 0 Å². The van der Waals surface area contributed by atoms with Crippen molar-refractivity contribution >= 4 is 17.3 Å². The fourth-order valence-corrected chi connectivity index (χ4v) is 2.25. The van der Waals surface area contributed by atoms with Gasteiger partial charge in [-0.15, -0.1) is 0 Å². The molecule has 0 aromatic heterocycles. The van der Waals surface area contributed by atoms with Crippen LogP contribution in [0.2, 0.25) is 5.02 Å². The lowest BCUT2D eigenvalue weighted by Gasteiger charge is -2.34. The molecule has 4 heteroatoms. The van der Waals surface area contributed by atoms with Crippen LogP contribution in [0.5, 0.6) is 0 Å². The van der Waals surface area contributed by atoms with E-state index in [0.29, 0.717) is 10.6 Å². The fourth-order valence-electron chi connectivity index (χ4n) is 1.96. The molecule has 0 amide bonds. The van der Waals surface area contributed by atoms with E-state index in [9.17, 15) is 0 Å². The smallest absolute Gasteiger partial charge is 0.101 e. The topological polar surface area (TPSA) is 30.3 Å². The van der Waals surface area contributed by atoms with Gasteiger partial charge in [0.15, 0.2) is 0 Å². The molecule has 0 unspecified atom stereocenters. The summed E-state index contributed by atoms with van der Waals surface area (Å²) in [5, 5.41) is 9.75. The SMILES string of the molecule is CN1CCN(c2c(Cl)cccc2C#N)CC1. The molecular weight excluding hydrogens is 222 g/mol. The predicted molar refractivity (Wildman–Crippen MR) is 65.9 cm³/mol. The Bertz CT molecular complexity index is 417. The van der Waals surface area contributed by atoms with Crippen LogP contribution in [-0.2, 0) is 0 Å². The maximum Gasteiger partial charge on any atom is 0.101 e. The Morgan fingerprint density at radius 2 is 1.94 bits per heavy atom. The van der Waals surface area contributed by atoms with Gasteiger partial charge in [-0.1, -0.05) is 17.7 Å². The number of piperazine rings is 1. The molecule has 0 aliphatic carbocycles. The lowest BCUT2D eigenvalue weighted by atomic mass is 10.1. The van der Waals surface area contributed by atoms with E-state index in [1.165, 1.54) is 0 Å². The molecule has 84 valence electrons. The number of hydrogen-bond acceptors (Lipinski definition) is 3. The molecule has 0 radical (unpaired) electrons. The molecule has 1 heterocycles. The van der Waals surface area contributed by atoms with Crippen molar-refractivity contribution in [2.45, 2.75) is 0 Å². The summed E-state index contributed by atoms with van der Waals surface area (Å²) in [4.78, 5) is 4.47. The first-order valence-corrected chi connectivity index (χ1v) is 5.72. The third-order valence-electron chi connectivity index (χ3n) is 2.93. The average Bonchev–Trinajstić information content (AvgIpc) is 2.30. The molecule has 0 N–H and O–H groups in total. The molecule has 1 aliphatic rings. The Morgan fingerprint density at radius 1 is 1.25 bits per heavy atom. The zero-order chi connectivity index (χ0) is 11.5. The van der Waals surface area contributed by atoms with Gasteiger partial charge in [0.25, 0.3) is 0 Å². The van der Waals surface area contributed by atoms with Crippen molar-refractivity contribution in [3.05, 3.63) is 28.8 Å². The molecule has 0 atom stereocenters. The van der Waals surface area contributed by atoms with E-state index >= 15 is 0 Å². The largest absolute Gasteiger partial charge is 0.367 e. The molecule has 0 saturated carbocycles. The van der Waals surface area contributed by atoms with Crippen LogP contribution in [0.4, 0.5) is 5.69 Å². The second kappa shape index (κ2) is 4.73. The van der Waals surface area contributed by atoms with E-state index in [1.807, 2.05) is 18.2 Å². The van der Waals surface area contributed by atoms with Crippen molar-refractivity contribution < 1.29 is 0 Å². The first-order chi connectivity index (χ1) is 7.72. The highest BCUT2D eigenvalue weighted by molar-refractivity contribution is 6.33. The predicted octanol–water partition coefficient (Wildman–Crippen LogP) is 1.96. The normalized spacial score (nSPS) is 17.2. The van der Waals surface area contributed by atoms with Crippen LogP contribution in [0.25, 0.3) is 0 Å². The highest BCUT2D eigenvalue weighted by atomic mass is 35.5. The van der Waals surface area contributed by atoms with Crippen molar-refractivity contribution in [1.82, 2.24) is 4.90 Å². The van der Waals surface area contributed by atoms with Gasteiger partial charge in [0, 0.05) is 26.2 Å². The number of nitriles is 1. The zero-order valence-corrected chi connectivity index (χ0v) is 10.0. The number of anilines is 1. The fraction of sp³-hybridized carbons (Fsp3) is 0.417. The van der Waals surface area contributed by atoms with E-state index in [2.05, 4.69) is 22.9 Å². The molecule has 1 saturated heterocycles. The Balaban J connectivity index is 2.30. The number of halogens is 1. The van der Waals surface area contributed by atoms with Gasteiger partial charge in [0.2, 0.25) is 0 Å². The zero-order valence-electron chi connectivity index (χ0n) is 9.28. The molecule has 1 aromatic carbocycles. The molecule has 16 heavy (non-hydrogen) atoms. The van der Waals surface area contributed by atoms with Gasteiger partial charge in [-0.25, -0.2) is 0 Å². The number of para-hydroxylation sites is 1. The highest BCUT2D eigenvalue weighted by Crippen LogP contribution is 2.30.